The standard InChI is InChI=1S/C15H14F3NO3/c1-7-4-11(13(20)21)19-12-9(7)5-8(14(2,3)22)6-10(12)15(16,17)18/h4-6,22H,1-3H3,(H,20,21). The number of pyridine rings is 1. The van der Waals surface area contributed by atoms with Gasteiger partial charge in [0.2, 0.25) is 0 Å². The van der Waals surface area contributed by atoms with Crippen molar-refractivity contribution in [1.82, 2.24) is 4.98 Å². The molecule has 2 aromatic rings. The minimum atomic E-state index is -4.71. The normalized spacial score (nSPS) is 12.7. The van der Waals surface area contributed by atoms with E-state index in [1.54, 1.807) is 0 Å². The summed E-state index contributed by atoms with van der Waals surface area (Å²) in [6, 6.07) is 3.41. The Bertz CT molecular complexity index is 761. The lowest BCUT2D eigenvalue weighted by Crippen LogP contribution is -2.18. The van der Waals surface area contributed by atoms with Crippen LogP contribution in [0.2, 0.25) is 0 Å². The van der Waals surface area contributed by atoms with Crippen LogP contribution in [0.4, 0.5) is 13.2 Å². The molecule has 22 heavy (non-hydrogen) atoms. The molecule has 2 N–H and O–H groups in total. The number of aromatic nitrogens is 1. The first-order valence-electron chi connectivity index (χ1n) is 6.40. The predicted molar refractivity (Wildman–Crippen MR) is 73.7 cm³/mol. The zero-order valence-corrected chi connectivity index (χ0v) is 12.1. The highest BCUT2D eigenvalue weighted by Crippen LogP contribution is 2.38. The fourth-order valence-corrected chi connectivity index (χ4v) is 2.17. The van der Waals surface area contributed by atoms with Gasteiger partial charge >= 0.3 is 12.1 Å². The highest BCUT2D eigenvalue weighted by atomic mass is 19.4. The minimum Gasteiger partial charge on any atom is -0.477 e. The number of rotatable bonds is 2. The summed E-state index contributed by atoms with van der Waals surface area (Å²) >= 11 is 0. The largest absolute Gasteiger partial charge is 0.477 e. The van der Waals surface area contributed by atoms with Gasteiger partial charge in [-0.2, -0.15) is 13.2 Å². The molecular formula is C15H14F3NO3. The molecule has 0 aliphatic carbocycles. The molecule has 0 fully saturated rings. The van der Waals surface area contributed by atoms with E-state index in [0.717, 1.165) is 6.07 Å². The summed E-state index contributed by atoms with van der Waals surface area (Å²) in [4.78, 5) is 14.6. The summed E-state index contributed by atoms with van der Waals surface area (Å²) in [5, 5.41) is 19.1. The van der Waals surface area contributed by atoms with Crippen molar-refractivity contribution in [1.29, 1.82) is 0 Å². The van der Waals surface area contributed by atoms with Gasteiger partial charge in [0.15, 0.2) is 0 Å². The number of alkyl halides is 3. The SMILES string of the molecule is Cc1cc(C(=O)O)nc2c(C(F)(F)F)cc(C(C)(C)O)cc12. The molecular weight excluding hydrogens is 299 g/mol. The van der Waals surface area contributed by atoms with E-state index >= 15 is 0 Å². The van der Waals surface area contributed by atoms with Crippen molar-refractivity contribution in [2.75, 3.05) is 0 Å². The van der Waals surface area contributed by atoms with E-state index in [2.05, 4.69) is 4.98 Å². The molecule has 0 radical (unpaired) electrons. The molecule has 1 heterocycles. The first-order valence-corrected chi connectivity index (χ1v) is 6.40. The Hall–Kier alpha value is -2.15. The molecule has 1 aromatic heterocycles. The highest BCUT2D eigenvalue weighted by molar-refractivity contribution is 5.93. The number of carboxylic acid groups (broad SMARTS) is 1. The van der Waals surface area contributed by atoms with Crippen molar-refractivity contribution < 1.29 is 28.2 Å². The summed E-state index contributed by atoms with van der Waals surface area (Å²) in [7, 11) is 0. The number of aromatic carboxylic acids is 1. The zero-order chi connectivity index (χ0) is 16.9. The van der Waals surface area contributed by atoms with Crippen molar-refractivity contribution in [3.63, 3.8) is 0 Å². The molecule has 0 atom stereocenters. The minimum absolute atomic E-state index is 0.0836. The van der Waals surface area contributed by atoms with E-state index in [1.807, 2.05) is 0 Å². The number of hydrogen-bond donors (Lipinski definition) is 2. The van der Waals surface area contributed by atoms with Crippen LogP contribution in [0.25, 0.3) is 10.9 Å². The monoisotopic (exact) mass is 313 g/mol. The van der Waals surface area contributed by atoms with Gasteiger partial charge in [0.25, 0.3) is 0 Å². The predicted octanol–water partition coefficient (Wildman–Crippen LogP) is 3.49. The Labute approximate surface area is 124 Å². The van der Waals surface area contributed by atoms with E-state index < -0.39 is 34.5 Å². The van der Waals surface area contributed by atoms with Gasteiger partial charge < -0.3 is 10.2 Å². The molecule has 0 aliphatic heterocycles. The Morgan fingerprint density at radius 2 is 1.77 bits per heavy atom. The Morgan fingerprint density at radius 1 is 1.18 bits per heavy atom. The number of carboxylic acids is 1. The lowest BCUT2D eigenvalue weighted by Gasteiger charge is -2.21. The highest BCUT2D eigenvalue weighted by Gasteiger charge is 2.35. The Morgan fingerprint density at radius 3 is 2.23 bits per heavy atom. The molecule has 118 valence electrons. The number of benzene rings is 1. The van der Waals surface area contributed by atoms with Gasteiger partial charge in [-0.1, -0.05) is 0 Å². The maximum atomic E-state index is 13.3. The van der Waals surface area contributed by atoms with Crippen molar-refractivity contribution >= 4 is 16.9 Å². The number of carbonyl (C=O) groups is 1. The third kappa shape index (κ3) is 2.89. The van der Waals surface area contributed by atoms with Gasteiger partial charge in [-0.05, 0) is 50.1 Å². The summed E-state index contributed by atoms with van der Waals surface area (Å²) in [5.74, 6) is -1.40. The summed E-state index contributed by atoms with van der Waals surface area (Å²) in [6.07, 6.45) is -4.71. The van der Waals surface area contributed by atoms with Crippen molar-refractivity contribution in [2.45, 2.75) is 32.5 Å². The third-order valence-electron chi connectivity index (χ3n) is 3.35. The summed E-state index contributed by atoms with van der Waals surface area (Å²) < 4.78 is 39.8. The van der Waals surface area contributed by atoms with Gasteiger partial charge in [-0.3, -0.25) is 0 Å². The number of aryl methyl sites for hydroxylation is 1. The average molecular weight is 313 g/mol. The van der Waals surface area contributed by atoms with E-state index in [4.69, 9.17) is 5.11 Å². The fourth-order valence-electron chi connectivity index (χ4n) is 2.17. The van der Waals surface area contributed by atoms with Gasteiger partial charge in [0.1, 0.15) is 5.69 Å². The third-order valence-corrected chi connectivity index (χ3v) is 3.35. The van der Waals surface area contributed by atoms with E-state index in [0.29, 0.717) is 5.56 Å². The number of nitrogens with zero attached hydrogens (tertiary/aromatic N) is 1. The van der Waals surface area contributed by atoms with Crippen LogP contribution in [0.5, 0.6) is 0 Å². The van der Waals surface area contributed by atoms with Gasteiger partial charge in [0, 0.05) is 5.39 Å². The Balaban J connectivity index is 2.95. The van der Waals surface area contributed by atoms with Crippen LogP contribution < -0.4 is 0 Å². The van der Waals surface area contributed by atoms with Gasteiger partial charge in [-0.15, -0.1) is 0 Å². The second-order valence-electron chi connectivity index (χ2n) is 5.61. The lowest BCUT2D eigenvalue weighted by atomic mass is 9.92. The number of aliphatic hydroxyl groups is 1. The maximum absolute atomic E-state index is 13.3. The molecule has 4 nitrogen and oxygen atoms in total. The van der Waals surface area contributed by atoms with Crippen LogP contribution in [0.15, 0.2) is 18.2 Å². The van der Waals surface area contributed by atoms with E-state index in [-0.39, 0.29) is 10.9 Å². The molecule has 1 aromatic carbocycles. The fraction of sp³-hybridized carbons (Fsp3) is 0.333. The average Bonchev–Trinajstić information content (AvgIpc) is 2.35. The first-order chi connectivity index (χ1) is 9.91. The molecule has 7 heteroatoms. The molecule has 0 spiro atoms. The summed E-state index contributed by atoms with van der Waals surface area (Å²) in [6.45, 7) is 4.26. The number of hydrogen-bond acceptors (Lipinski definition) is 3. The number of fused-ring (bicyclic) bond motifs is 1. The van der Waals surface area contributed by atoms with Crippen LogP contribution in [0.3, 0.4) is 0 Å². The first kappa shape index (κ1) is 16.2. The molecule has 0 amide bonds. The van der Waals surface area contributed by atoms with Gasteiger partial charge in [0.05, 0.1) is 16.7 Å². The Kier molecular flexibility index (Phi) is 3.65. The molecule has 0 saturated carbocycles. The number of halogens is 3. The summed E-state index contributed by atoms with van der Waals surface area (Å²) in [5.41, 5.74) is -2.98. The van der Waals surface area contributed by atoms with E-state index in [9.17, 15) is 23.1 Å². The van der Waals surface area contributed by atoms with Crippen molar-refractivity contribution in [3.05, 3.63) is 40.6 Å². The lowest BCUT2D eigenvalue weighted by molar-refractivity contribution is -0.136. The van der Waals surface area contributed by atoms with Crippen LogP contribution in [-0.2, 0) is 11.8 Å². The quantitative estimate of drug-likeness (QED) is 0.890. The molecule has 0 unspecified atom stereocenters. The van der Waals surface area contributed by atoms with Crippen LogP contribution in [-0.4, -0.2) is 21.2 Å². The van der Waals surface area contributed by atoms with Gasteiger partial charge in [-0.25, -0.2) is 9.78 Å². The molecule has 0 saturated heterocycles. The van der Waals surface area contributed by atoms with Crippen LogP contribution in [0.1, 0.15) is 41.0 Å². The topological polar surface area (TPSA) is 70.4 Å². The van der Waals surface area contributed by atoms with Crippen LogP contribution in [0, 0.1) is 6.92 Å². The smallest absolute Gasteiger partial charge is 0.418 e. The van der Waals surface area contributed by atoms with Crippen molar-refractivity contribution in [3.8, 4) is 0 Å². The molecule has 0 bridgehead atoms. The van der Waals surface area contributed by atoms with E-state index in [1.165, 1.54) is 32.9 Å². The molecule has 2 rings (SSSR count). The zero-order valence-electron chi connectivity index (χ0n) is 12.1. The second kappa shape index (κ2) is 4.95. The van der Waals surface area contributed by atoms with Crippen molar-refractivity contribution in [2.24, 2.45) is 0 Å². The second-order valence-corrected chi connectivity index (χ2v) is 5.61. The maximum Gasteiger partial charge on any atom is 0.418 e. The van der Waals surface area contributed by atoms with Crippen LogP contribution >= 0.6 is 0 Å². The molecule has 0 aliphatic rings.